The Morgan fingerprint density at radius 1 is 1.24 bits per heavy atom. The van der Waals surface area contributed by atoms with Crippen molar-refractivity contribution in [3.8, 4) is 5.75 Å². The fourth-order valence-corrected chi connectivity index (χ4v) is 3.94. The van der Waals surface area contributed by atoms with Crippen LogP contribution in [0.5, 0.6) is 5.75 Å². The molecule has 2 nitrogen and oxygen atoms in total. The molecule has 1 saturated carbocycles. The summed E-state index contributed by atoms with van der Waals surface area (Å²) in [5.41, 5.74) is 6.37. The molecule has 2 unspecified atom stereocenters. The highest BCUT2D eigenvalue weighted by molar-refractivity contribution is 7.99. The fourth-order valence-electron chi connectivity index (χ4n) is 2.87. The predicted molar refractivity (Wildman–Crippen MR) is 71.5 cm³/mol. The van der Waals surface area contributed by atoms with Crippen molar-refractivity contribution in [3.05, 3.63) is 24.3 Å². The molecule has 17 heavy (non-hydrogen) atoms. The van der Waals surface area contributed by atoms with Gasteiger partial charge in [0.05, 0.1) is 0 Å². The van der Waals surface area contributed by atoms with Gasteiger partial charge in [0, 0.05) is 16.7 Å². The Bertz CT molecular complexity index is 390. The van der Waals surface area contributed by atoms with Crippen molar-refractivity contribution in [2.24, 2.45) is 11.7 Å². The predicted octanol–water partition coefficient (Wildman–Crippen LogP) is 3.06. The van der Waals surface area contributed by atoms with Crippen molar-refractivity contribution in [3.63, 3.8) is 0 Å². The molecule has 1 heterocycles. The van der Waals surface area contributed by atoms with E-state index in [2.05, 4.69) is 18.2 Å². The highest BCUT2D eigenvalue weighted by atomic mass is 32.2. The molecule has 0 aromatic heterocycles. The van der Waals surface area contributed by atoms with E-state index in [0.717, 1.165) is 11.5 Å². The number of hydrogen-bond acceptors (Lipinski definition) is 3. The lowest BCUT2D eigenvalue weighted by atomic mass is 9.95. The summed E-state index contributed by atoms with van der Waals surface area (Å²) >= 11 is 1.88. The lowest BCUT2D eigenvalue weighted by molar-refractivity contribution is 0.154. The van der Waals surface area contributed by atoms with Crippen molar-refractivity contribution < 1.29 is 4.74 Å². The standard InChI is InChI=1S/C14H19NOS/c15-14(10-5-1-2-6-10)12-9-17-13-8-4-3-7-11(13)16-12/h3-4,7-8,10,12,14H,1-2,5-6,9,15H2. The highest BCUT2D eigenvalue weighted by Crippen LogP contribution is 2.38. The smallest absolute Gasteiger partial charge is 0.133 e. The molecular formula is C14H19NOS. The van der Waals surface area contributed by atoms with Gasteiger partial charge in [-0.25, -0.2) is 0 Å². The molecule has 3 heteroatoms. The van der Waals surface area contributed by atoms with Crippen molar-refractivity contribution in [1.29, 1.82) is 0 Å². The summed E-state index contributed by atoms with van der Waals surface area (Å²) in [4.78, 5) is 1.25. The Morgan fingerprint density at radius 2 is 2.00 bits per heavy atom. The molecule has 2 aliphatic rings. The van der Waals surface area contributed by atoms with Gasteiger partial charge in [-0.3, -0.25) is 0 Å². The minimum Gasteiger partial charge on any atom is -0.487 e. The maximum Gasteiger partial charge on any atom is 0.133 e. The normalized spacial score (nSPS) is 26.3. The second-order valence-corrected chi connectivity index (χ2v) is 6.10. The summed E-state index contributed by atoms with van der Waals surface area (Å²) in [6, 6.07) is 8.47. The Labute approximate surface area is 107 Å². The van der Waals surface area contributed by atoms with Gasteiger partial charge in [-0.05, 0) is 30.9 Å². The SMILES string of the molecule is NC(C1CCCC1)C1CSc2ccccc2O1. The van der Waals surface area contributed by atoms with Crippen LogP contribution in [0.25, 0.3) is 0 Å². The fraction of sp³-hybridized carbons (Fsp3) is 0.571. The number of fused-ring (bicyclic) bond motifs is 1. The van der Waals surface area contributed by atoms with Gasteiger partial charge in [0.25, 0.3) is 0 Å². The lowest BCUT2D eigenvalue weighted by Crippen LogP contribution is -2.46. The number of rotatable bonds is 2. The number of thioether (sulfide) groups is 1. The van der Waals surface area contributed by atoms with E-state index in [1.54, 1.807) is 0 Å². The lowest BCUT2D eigenvalue weighted by Gasteiger charge is -2.32. The summed E-state index contributed by atoms with van der Waals surface area (Å²) in [6.07, 6.45) is 5.45. The molecule has 0 bridgehead atoms. The molecule has 0 spiro atoms. The average Bonchev–Trinajstić information content (AvgIpc) is 2.91. The largest absolute Gasteiger partial charge is 0.487 e. The van der Waals surface area contributed by atoms with E-state index in [4.69, 9.17) is 10.5 Å². The summed E-state index contributed by atoms with van der Waals surface area (Å²) in [6.45, 7) is 0. The zero-order valence-corrected chi connectivity index (χ0v) is 10.8. The molecule has 2 atom stereocenters. The van der Waals surface area contributed by atoms with Crippen LogP contribution >= 0.6 is 11.8 Å². The van der Waals surface area contributed by atoms with Crippen molar-refractivity contribution in [2.45, 2.75) is 42.7 Å². The van der Waals surface area contributed by atoms with Gasteiger partial charge in [-0.2, -0.15) is 0 Å². The molecule has 1 aliphatic heterocycles. The Balaban J connectivity index is 1.70. The second kappa shape index (κ2) is 4.91. The average molecular weight is 249 g/mol. The summed E-state index contributed by atoms with van der Waals surface area (Å²) in [7, 11) is 0. The van der Waals surface area contributed by atoms with E-state index in [1.807, 2.05) is 17.8 Å². The number of hydrogen-bond donors (Lipinski definition) is 1. The molecule has 2 N–H and O–H groups in total. The summed E-state index contributed by atoms with van der Waals surface area (Å²) < 4.78 is 6.06. The van der Waals surface area contributed by atoms with Gasteiger partial charge < -0.3 is 10.5 Å². The van der Waals surface area contributed by atoms with E-state index in [1.165, 1.54) is 30.6 Å². The molecule has 3 rings (SSSR count). The third-order valence-electron chi connectivity index (χ3n) is 3.90. The number of nitrogens with two attached hydrogens (primary N) is 1. The van der Waals surface area contributed by atoms with E-state index >= 15 is 0 Å². The number of benzene rings is 1. The maximum atomic E-state index is 6.37. The minimum atomic E-state index is 0.193. The summed E-state index contributed by atoms with van der Waals surface area (Å²) in [5, 5.41) is 0. The monoisotopic (exact) mass is 249 g/mol. The molecule has 0 saturated heterocycles. The first-order chi connectivity index (χ1) is 8.34. The van der Waals surface area contributed by atoms with Gasteiger partial charge in [0.15, 0.2) is 0 Å². The first kappa shape index (κ1) is 11.4. The van der Waals surface area contributed by atoms with Gasteiger partial charge in [-0.15, -0.1) is 11.8 Å². The Morgan fingerprint density at radius 3 is 2.82 bits per heavy atom. The van der Waals surface area contributed by atoms with Gasteiger partial charge in [0.1, 0.15) is 11.9 Å². The molecule has 1 aromatic rings. The molecule has 92 valence electrons. The molecule has 0 radical (unpaired) electrons. The highest BCUT2D eigenvalue weighted by Gasteiger charge is 2.32. The molecule has 0 amide bonds. The molecule has 1 aliphatic carbocycles. The van der Waals surface area contributed by atoms with Crippen LogP contribution in [0.1, 0.15) is 25.7 Å². The van der Waals surface area contributed by atoms with Crippen LogP contribution in [0.4, 0.5) is 0 Å². The van der Waals surface area contributed by atoms with Crippen molar-refractivity contribution in [2.75, 3.05) is 5.75 Å². The van der Waals surface area contributed by atoms with Crippen LogP contribution in [0.3, 0.4) is 0 Å². The topological polar surface area (TPSA) is 35.2 Å². The Kier molecular flexibility index (Phi) is 3.30. The van der Waals surface area contributed by atoms with Crippen molar-refractivity contribution in [1.82, 2.24) is 0 Å². The minimum absolute atomic E-state index is 0.193. The number of para-hydroxylation sites is 1. The quantitative estimate of drug-likeness (QED) is 0.875. The first-order valence-corrected chi connectivity index (χ1v) is 7.47. The first-order valence-electron chi connectivity index (χ1n) is 6.48. The van der Waals surface area contributed by atoms with Crippen LogP contribution in [-0.4, -0.2) is 17.9 Å². The van der Waals surface area contributed by atoms with E-state index < -0.39 is 0 Å². The van der Waals surface area contributed by atoms with Crippen LogP contribution in [0, 0.1) is 5.92 Å². The van der Waals surface area contributed by atoms with E-state index in [9.17, 15) is 0 Å². The maximum absolute atomic E-state index is 6.37. The molecule has 1 fully saturated rings. The van der Waals surface area contributed by atoms with E-state index in [0.29, 0.717) is 5.92 Å². The van der Waals surface area contributed by atoms with Gasteiger partial charge >= 0.3 is 0 Å². The Hall–Kier alpha value is -0.670. The summed E-state index contributed by atoms with van der Waals surface area (Å²) in [5.74, 6) is 2.68. The third kappa shape index (κ3) is 2.31. The third-order valence-corrected chi connectivity index (χ3v) is 5.05. The zero-order chi connectivity index (χ0) is 11.7. The van der Waals surface area contributed by atoms with Crippen LogP contribution < -0.4 is 10.5 Å². The van der Waals surface area contributed by atoms with Crippen LogP contribution in [-0.2, 0) is 0 Å². The zero-order valence-electron chi connectivity index (χ0n) is 9.97. The van der Waals surface area contributed by atoms with Gasteiger partial charge in [-0.1, -0.05) is 25.0 Å². The molecular weight excluding hydrogens is 230 g/mol. The van der Waals surface area contributed by atoms with E-state index in [-0.39, 0.29) is 12.1 Å². The van der Waals surface area contributed by atoms with Crippen LogP contribution in [0.15, 0.2) is 29.2 Å². The second-order valence-electron chi connectivity index (χ2n) is 5.04. The van der Waals surface area contributed by atoms with Crippen LogP contribution in [0.2, 0.25) is 0 Å². The number of ether oxygens (including phenoxy) is 1. The van der Waals surface area contributed by atoms with Crippen molar-refractivity contribution >= 4 is 11.8 Å². The molecule has 1 aromatic carbocycles. The van der Waals surface area contributed by atoms with Gasteiger partial charge in [0.2, 0.25) is 0 Å².